The molecule has 2 amide bonds. The van der Waals surface area contributed by atoms with Gasteiger partial charge in [-0.05, 0) is 91.8 Å². The van der Waals surface area contributed by atoms with Gasteiger partial charge in [0.25, 0.3) is 11.8 Å². The Morgan fingerprint density at radius 3 is 2.39 bits per heavy atom. The van der Waals surface area contributed by atoms with Crippen LogP contribution in [0.2, 0.25) is 0 Å². The lowest BCUT2D eigenvalue weighted by Gasteiger charge is -2.13. The minimum absolute atomic E-state index is 0.233. The Kier molecular flexibility index (Phi) is 10.8. The van der Waals surface area contributed by atoms with Gasteiger partial charge in [-0.15, -0.1) is 0 Å². The molecule has 0 aromatic heterocycles. The second kappa shape index (κ2) is 14.9. The summed E-state index contributed by atoms with van der Waals surface area (Å²) in [6.07, 6.45) is 1.72. The van der Waals surface area contributed by atoms with Crippen molar-refractivity contribution in [1.82, 2.24) is 4.90 Å². The van der Waals surface area contributed by atoms with Crippen molar-refractivity contribution < 1.29 is 38.1 Å². The Labute approximate surface area is 258 Å². The molecule has 0 saturated carbocycles. The number of amides is 2. The SMILES string of the molecule is CCOC(=O)c1ccc(NC(=O)COc2ccc(C=C3SC(=Nc4cccc(C(=O)OC)c4)N(C)C3=O)cc2OCC)cc1. The molecule has 0 radical (unpaired) electrons. The molecule has 4 rings (SSSR count). The second-order valence-electron chi connectivity index (χ2n) is 9.18. The van der Waals surface area contributed by atoms with Crippen molar-refractivity contribution in [1.29, 1.82) is 0 Å². The zero-order chi connectivity index (χ0) is 31.6. The van der Waals surface area contributed by atoms with Crippen LogP contribution < -0.4 is 14.8 Å². The van der Waals surface area contributed by atoms with Gasteiger partial charge in [-0.1, -0.05) is 12.1 Å². The first-order valence-corrected chi connectivity index (χ1v) is 14.4. The third-order valence-electron chi connectivity index (χ3n) is 6.10. The first kappa shape index (κ1) is 31.8. The van der Waals surface area contributed by atoms with E-state index in [9.17, 15) is 19.2 Å². The van der Waals surface area contributed by atoms with Crippen LogP contribution in [0.25, 0.3) is 6.08 Å². The molecule has 0 unspecified atom stereocenters. The quantitative estimate of drug-likeness (QED) is 0.225. The number of hydrogen-bond donors (Lipinski definition) is 1. The molecule has 3 aromatic rings. The molecule has 0 spiro atoms. The van der Waals surface area contributed by atoms with E-state index in [4.69, 9.17) is 18.9 Å². The number of aliphatic imine (C=N–C) groups is 1. The van der Waals surface area contributed by atoms with Gasteiger partial charge in [0.2, 0.25) is 0 Å². The van der Waals surface area contributed by atoms with Gasteiger partial charge in [0.15, 0.2) is 23.3 Å². The number of carbonyl (C=O) groups excluding carboxylic acids is 4. The van der Waals surface area contributed by atoms with Crippen LogP contribution in [0, 0.1) is 0 Å². The molecule has 12 heteroatoms. The summed E-state index contributed by atoms with van der Waals surface area (Å²) in [6, 6.07) is 18.1. The topological polar surface area (TPSA) is 133 Å². The highest BCUT2D eigenvalue weighted by Gasteiger charge is 2.30. The zero-order valence-corrected chi connectivity index (χ0v) is 25.4. The summed E-state index contributed by atoms with van der Waals surface area (Å²) >= 11 is 1.20. The first-order valence-electron chi connectivity index (χ1n) is 13.6. The molecule has 1 heterocycles. The van der Waals surface area contributed by atoms with Gasteiger partial charge in [-0.2, -0.15) is 0 Å². The van der Waals surface area contributed by atoms with Crippen molar-refractivity contribution >= 4 is 58.1 Å². The van der Waals surface area contributed by atoms with E-state index in [0.29, 0.717) is 56.2 Å². The largest absolute Gasteiger partial charge is 0.490 e. The van der Waals surface area contributed by atoms with Crippen LogP contribution in [0.1, 0.15) is 40.1 Å². The maximum atomic E-state index is 13.0. The standard InChI is InChI=1S/C32H31N3O8S/c1-5-41-26-16-20(10-15-25(26)43-19-28(36)33-23-13-11-21(12-14-23)31(39)42-6-2)17-27-29(37)35(3)32(44-27)34-24-9-7-8-22(18-24)30(38)40-4/h7-18H,5-6,19H2,1-4H3,(H,33,36). The highest BCUT2D eigenvalue weighted by atomic mass is 32.2. The van der Waals surface area contributed by atoms with Crippen LogP contribution in [0.5, 0.6) is 11.5 Å². The summed E-state index contributed by atoms with van der Waals surface area (Å²) in [4.78, 5) is 55.6. The zero-order valence-electron chi connectivity index (χ0n) is 24.6. The molecule has 3 aromatic carbocycles. The van der Waals surface area contributed by atoms with Gasteiger partial charge >= 0.3 is 11.9 Å². The molecule has 1 saturated heterocycles. The van der Waals surface area contributed by atoms with Crippen molar-refractivity contribution in [2.75, 3.05) is 39.3 Å². The average Bonchev–Trinajstić information content (AvgIpc) is 3.28. The van der Waals surface area contributed by atoms with Crippen LogP contribution in [-0.4, -0.2) is 67.8 Å². The number of benzene rings is 3. The molecule has 1 aliphatic rings. The predicted molar refractivity (Wildman–Crippen MR) is 167 cm³/mol. The third kappa shape index (κ3) is 8.04. The molecule has 0 bridgehead atoms. The number of likely N-dealkylation sites (N-methyl/N-ethyl adjacent to an activating group) is 1. The van der Waals surface area contributed by atoms with E-state index in [1.165, 1.54) is 23.8 Å². The molecule has 1 N–H and O–H groups in total. The van der Waals surface area contributed by atoms with Gasteiger partial charge in [0, 0.05) is 12.7 Å². The molecule has 1 aliphatic heterocycles. The lowest BCUT2D eigenvalue weighted by atomic mass is 10.2. The number of thioether (sulfide) groups is 1. The van der Waals surface area contributed by atoms with Gasteiger partial charge in [-0.25, -0.2) is 14.6 Å². The molecular weight excluding hydrogens is 586 g/mol. The third-order valence-corrected chi connectivity index (χ3v) is 7.16. The average molecular weight is 618 g/mol. The van der Waals surface area contributed by atoms with Crippen LogP contribution in [0.15, 0.2) is 76.6 Å². The number of amidine groups is 1. The van der Waals surface area contributed by atoms with Crippen molar-refractivity contribution in [3.8, 4) is 11.5 Å². The minimum Gasteiger partial charge on any atom is -0.490 e. The number of carbonyl (C=O) groups is 4. The van der Waals surface area contributed by atoms with E-state index in [1.54, 1.807) is 86.8 Å². The van der Waals surface area contributed by atoms with Crippen molar-refractivity contribution in [3.63, 3.8) is 0 Å². The number of methoxy groups -OCH3 is 1. The molecule has 44 heavy (non-hydrogen) atoms. The molecule has 228 valence electrons. The Morgan fingerprint density at radius 1 is 0.909 bits per heavy atom. The molecule has 11 nitrogen and oxygen atoms in total. The van der Waals surface area contributed by atoms with E-state index >= 15 is 0 Å². The molecule has 0 atom stereocenters. The molecule has 1 fully saturated rings. The highest BCUT2D eigenvalue weighted by Crippen LogP contribution is 2.35. The Morgan fingerprint density at radius 2 is 1.68 bits per heavy atom. The van der Waals surface area contributed by atoms with E-state index in [2.05, 4.69) is 10.3 Å². The summed E-state index contributed by atoms with van der Waals surface area (Å²) in [7, 11) is 2.93. The van der Waals surface area contributed by atoms with Crippen molar-refractivity contribution in [3.05, 3.63) is 88.3 Å². The van der Waals surface area contributed by atoms with E-state index in [0.717, 1.165) is 0 Å². The number of rotatable bonds is 11. The smallest absolute Gasteiger partial charge is 0.338 e. The van der Waals surface area contributed by atoms with Crippen LogP contribution >= 0.6 is 11.8 Å². The summed E-state index contributed by atoms with van der Waals surface area (Å²) in [6.45, 7) is 3.90. The monoisotopic (exact) mass is 617 g/mol. The molecular formula is C32H31N3O8S. The first-order chi connectivity index (χ1) is 21.2. The fraction of sp³-hybridized carbons (Fsp3) is 0.219. The van der Waals surface area contributed by atoms with Gasteiger partial charge in [-0.3, -0.25) is 14.5 Å². The Hall–Kier alpha value is -5.10. The fourth-order valence-electron chi connectivity index (χ4n) is 3.98. The lowest BCUT2D eigenvalue weighted by Crippen LogP contribution is -2.23. The van der Waals surface area contributed by atoms with E-state index < -0.39 is 17.8 Å². The maximum absolute atomic E-state index is 13.0. The number of nitrogens with zero attached hydrogens (tertiary/aromatic N) is 2. The number of anilines is 1. The van der Waals surface area contributed by atoms with Crippen molar-refractivity contribution in [2.24, 2.45) is 4.99 Å². The summed E-state index contributed by atoms with van der Waals surface area (Å²) < 4.78 is 21.2. The van der Waals surface area contributed by atoms with Crippen molar-refractivity contribution in [2.45, 2.75) is 13.8 Å². The number of esters is 2. The van der Waals surface area contributed by atoms with Gasteiger partial charge in [0.05, 0.1) is 42.0 Å². The highest BCUT2D eigenvalue weighted by molar-refractivity contribution is 8.18. The summed E-state index contributed by atoms with van der Waals surface area (Å²) in [5.74, 6) is -0.778. The second-order valence-corrected chi connectivity index (χ2v) is 10.2. The van der Waals surface area contributed by atoms with Crippen LogP contribution in [0.3, 0.4) is 0 Å². The predicted octanol–water partition coefficient (Wildman–Crippen LogP) is 5.30. The number of ether oxygens (including phenoxy) is 4. The Balaban J connectivity index is 1.43. The van der Waals surface area contributed by atoms with E-state index in [1.807, 2.05) is 6.92 Å². The number of hydrogen-bond acceptors (Lipinski definition) is 10. The summed E-state index contributed by atoms with van der Waals surface area (Å²) in [5.41, 5.74) is 2.44. The fourth-order valence-corrected chi connectivity index (χ4v) is 4.97. The minimum atomic E-state index is -0.476. The van der Waals surface area contributed by atoms with Gasteiger partial charge in [0.1, 0.15) is 0 Å². The van der Waals surface area contributed by atoms with Gasteiger partial charge < -0.3 is 24.3 Å². The van der Waals surface area contributed by atoms with E-state index in [-0.39, 0.29) is 19.1 Å². The lowest BCUT2D eigenvalue weighted by molar-refractivity contribution is -0.121. The van der Waals surface area contributed by atoms with Crippen LogP contribution in [0.4, 0.5) is 11.4 Å². The number of nitrogens with one attached hydrogen (secondary N) is 1. The maximum Gasteiger partial charge on any atom is 0.338 e. The normalized spacial score (nSPS) is 14.5. The van der Waals surface area contributed by atoms with Crippen LogP contribution in [-0.2, 0) is 19.1 Å². The molecule has 0 aliphatic carbocycles. The summed E-state index contributed by atoms with van der Waals surface area (Å²) in [5, 5.41) is 3.17. The Bertz CT molecular complexity index is 1620.